The van der Waals surface area contributed by atoms with Crippen molar-refractivity contribution in [3.05, 3.63) is 35.7 Å². The van der Waals surface area contributed by atoms with E-state index in [4.69, 9.17) is 4.52 Å². The molecule has 0 unspecified atom stereocenters. The van der Waals surface area contributed by atoms with Gasteiger partial charge in [0.05, 0.1) is 25.3 Å². The Morgan fingerprint density at radius 2 is 2.09 bits per heavy atom. The predicted octanol–water partition coefficient (Wildman–Crippen LogP) is 1.34. The highest BCUT2D eigenvalue weighted by molar-refractivity contribution is 5.89. The third-order valence-electron chi connectivity index (χ3n) is 3.01. The largest absolute Gasteiger partial charge is 0.465 e. The third-order valence-corrected chi connectivity index (χ3v) is 3.01. The van der Waals surface area contributed by atoms with Gasteiger partial charge in [-0.25, -0.2) is 4.79 Å². The average Bonchev–Trinajstić information content (AvgIpc) is 2.94. The lowest BCUT2D eigenvalue weighted by molar-refractivity contribution is 0.0600. The van der Waals surface area contributed by atoms with Crippen LogP contribution in [-0.2, 0) is 11.3 Å². The van der Waals surface area contributed by atoms with Gasteiger partial charge < -0.3 is 14.4 Å². The first-order valence-corrected chi connectivity index (χ1v) is 6.87. The van der Waals surface area contributed by atoms with Crippen molar-refractivity contribution >= 4 is 5.97 Å². The molecule has 2 aromatic rings. The number of ether oxygens (including phenoxy) is 1. The van der Waals surface area contributed by atoms with E-state index >= 15 is 0 Å². The lowest BCUT2D eigenvalue weighted by Gasteiger charge is -2.15. The van der Waals surface area contributed by atoms with Gasteiger partial charge in [-0.05, 0) is 26.1 Å². The number of hydrogen-bond donors (Lipinski definition) is 1. The molecule has 1 aromatic carbocycles. The van der Waals surface area contributed by atoms with Gasteiger partial charge in [-0.3, -0.25) is 4.90 Å². The van der Waals surface area contributed by atoms with Crippen LogP contribution in [0, 0.1) is 0 Å². The minimum Gasteiger partial charge on any atom is -0.465 e. The quantitative estimate of drug-likeness (QED) is 0.805. The van der Waals surface area contributed by atoms with E-state index < -0.39 is 6.10 Å². The molecule has 2 rings (SSSR count). The molecule has 1 aromatic heterocycles. The molecule has 0 fully saturated rings. The number of aliphatic hydroxyl groups excluding tert-OH is 1. The van der Waals surface area contributed by atoms with Crippen LogP contribution in [0.25, 0.3) is 11.4 Å². The SMILES string of the molecule is COC(=O)c1ccc(-c2noc(CN(C)C[C@H](C)O)n2)cc1. The van der Waals surface area contributed by atoms with Crippen molar-refractivity contribution < 1.29 is 19.2 Å². The fraction of sp³-hybridized carbons (Fsp3) is 0.400. The topological polar surface area (TPSA) is 88.7 Å². The van der Waals surface area contributed by atoms with E-state index in [1.165, 1.54) is 7.11 Å². The highest BCUT2D eigenvalue weighted by Gasteiger charge is 2.12. The van der Waals surface area contributed by atoms with E-state index in [0.29, 0.717) is 30.4 Å². The van der Waals surface area contributed by atoms with Crippen molar-refractivity contribution in [1.82, 2.24) is 15.0 Å². The molecule has 0 radical (unpaired) electrons. The Hall–Kier alpha value is -2.25. The summed E-state index contributed by atoms with van der Waals surface area (Å²) >= 11 is 0. The lowest BCUT2D eigenvalue weighted by Crippen LogP contribution is -2.26. The van der Waals surface area contributed by atoms with Crippen molar-refractivity contribution in [2.75, 3.05) is 20.7 Å². The first-order chi connectivity index (χ1) is 10.5. The molecule has 0 bridgehead atoms. The lowest BCUT2D eigenvalue weighted by atomic mass is 10.1. The summed E-state index contributed by atoms with van der Waals surface area (Å²) in [5.74, 6) is 0.534. The van der Waals surface area contributed by atoms with Crippen LogP contribution in [0.2, 0.25) is 0 Å². The van der Waals surface area contributed by atoms with E-state index in [9.17, 15) is 9.90 Å². The molecule has 7 heteroatoms. The summed E-state index contributed by atoms with van der Waals surface area (Å²) in [5.41, 5.74) is 1.22. The van der Waals surface area contributed by atoms with Crippen LogP contribution < -0.4 is 0 Å². The van der Waals surface area contributed by atoms with Gasteiger partial charge in [-0.1, -0.05) is 17.3 Å². The number of carbonyl (C=O) groups excluding carboxylic acids is 1. The van der Waals surface area contributed by atoms with Crippen molar-refractivity contribution in [3.8, 4) is 11.4 Å². The van der Waals surface area contributed by atoms with Crippen LogP contribution in [0.4, 0.5) is 0 Å². The van der Waals surface area contributed by atoms with Gasteiger partial charge in [0, 0.05) is 12.1 Å². The maximum atomic E-state index is 11.4. The number of carbonyl (C=O) groups is 1. The third kappa shape index (κ3) is 4.12. The van der Waals surface area contributed by atoms with E-state index in [1.54, 1.807) is 31.2 Å². The number of esters is 1. The molecular formula is C15H19N3O4. The molecule has 0 aliphatic rings. The number of rotatable bonds is 6. The van der Waals surface area contributed by atoms with Crippen LogP contribution in [0.5, 0.6) is 0 Å². The maximum Gasteiger partial charge on any atom is 0.337 e. The van der Waals surface area contributed by atoms with Crippen molar-refractivity contribution in [2.45, 2.75) is 19.6 Å². The van der Waals surface area contributed by atoms with E-state index in [-0.39, 0.29) is 5.97 Å². The zero-order valence-corrected chi connectivity index (χ0v) is 12.8. The van der Waals surface area contributed by atoms with Gasteiger partial charge in [-0.2, -0.15) is 4.98 Å². The monoisotopic (exact) mass is 305 g/mol. The highest BCUT2D eigenvalue weighted by atomic mass is 16.5. The van der Waals surface area contributed by atoms with E-state index in [2.05, 4.69) is 14.9 Å². The van der Waals surface area contributed by atoms with Crippen molar-refractivity contribution in [1.29, 1.82) is 0 Å². The Labute approximate surface area is 128 Å². The molecule has 0 saturated carbocycles. The summed E-state index contributed by atoms with van der Waals surface area (Å²) in [7, 11) is 3.20. The van der Waals surface area contributed by atoms with Gasteiger partial charge in [0.2, 0.25) is 11.7 Å². The van der Waals surface area contributed by atoms with Crippen LogP contribution >= 0.6 is 0 Å². The Kier molecular flexibility index (Phi) is 5.24. The van der Waals surface area contributed by atoms with E-state index in [0.717, 1.165) is 5.56 Å². The number of methoxy groups -OCH3 is 1. The summed E-state index contributed by atoms with van der Waals surface area (Å²) in [6.07, 6.45) is -0.418. The van der Waals surface area contributed by atoms with E-state index in [1.807, 2.05) is 11.9 Å². The van der Waals surface area contributed by atoms with Crippen molar-refractivity contribution in [2.24, 2.45) is 0 Å². The highest BCUT2D eigenvalue weighted by Crippen LogP contribution is 2.17. The molecule has 0 spiro atoms. The summed E-state index contributed by atoms with van der Waals surface area (Å²) in [5, 5.41) is 13.3. The summed E-state index contributed by atoms with van der Waals surface area (Å²) in [6, 6.07) is 6.77. The summed E-state index contributed by atoms with van der Waals surface area (Å²) in [4.78, 5) is 17.6. The number of benzene rings is 1. The van der Waals surface area contributed by atoms with Gasteiger partial charge in [-0.15, -0.1) is 0 Å². The first-order valence-electron chi connectivity index (χ1n) is 6.87. The van der Waals surface area contributed by atoms with Crippen molar-refractivity contribution in [3.63, 3.8) is 0 Å². The molecule has 1 N–H and O–H groups in total. The molecule has 0 saturated heterocycles. The van der Waals surface area contributed by atoms with Gasteiger partial charge >= 0.3 is 5.97 Å². The minimum absolute atomic E-state index is 0.389. The van der Waals surface area contributed by atoms with Gasteiger partial charge in [0.25, 0.3) is 0 Å². The molecule has 0 aliphatic heterocycles. The molecular weight excluding hydrogens is 286 g/mol. The fourth-order valence-corrected chi connectivity index (χ4v) is 2.06. The molecule has 7 nitrogen and oxygen atoms in total. The standard InChI is InChI=1S/C15H19N3O4/c1-10(19)8-18(2)9-13-16-14(17-22-13)11-4-6-12(7-5-11)15(20)21-3/h4-7,10,19H,8-9H2,1-3H3/t10-/m0/s1. The second-order valence-corrected chi connectivity index (χ2v) is 5.13. The Morgan fingerprint density at radius 3 is 2.68 bits per heavy atom. The molecule has 22 heavy (non-hydrogen) atoms. The van der Waals surface area contributed by atoms with Crippen LogP contribution in [0.15, 0.2) is 28.8 Å². The number of nitrogens with zero attached hydrogens (tertiary/aromatic N) is 3. The minimum atomic E-state index is -0.418. The number of aliphatic hydroxyl groups is 1. The fourth-order valence-electron chi connectivity index (χ4n) is 2.06. The normalized spacial score (nSPS) is 12.4. The predicted molar refractivity (Wildman–Crippen MR) is 79.1 cm³/mol. The smallest absolute Gasteiger partial charge is 0.337 e. The number of hydrogen-bond acceptors (Lipinski definition) is 7. The molecule has 1 atom stereocenters. The Balaban J connectivity index is 2.06. The Morgan fingerprint density at radius 1 is 1.41 bits per heavy atom. The molecule has 1 heterocycles. The first kappa shape index (κ1) is 16.1. The number of aromatic nitrogens is 2. The zero-order valence-electron chi connectivity index (χ0n) is 12.8. The zero-order chi connectivity index (χ0) is 16.1. The van der Waals surface area contributed by atoms with Gasteiger partial charge in [0.1, 0.15) is 0 Å². The summed E-state index contributed by atoms with van der Waals surface area (Å²) < 4.78 is 9.84. The number of likely N-dealkylation sites (N-methyl/N-ethyl adjacent to an activating group) is 1. The Bertz CT molecular complexity index is 622. The molecule has 118 valence electrons. The van der Waals surface area contributed by atoms with Crippen LogP contribution in [0.1, 0.15) is 23.2 Å². The summed E-state index contributed by atoms with van der Waals surface area (Å²) in [6.45, 7) is 2.70. The average molecular weight is 305 g/mol. The second kappa shape index (κ2) is 7.15. The second-order valence-electron chi connectivity index (χ2n) is 5.13. The van der Waals surface area contributed by atoms with Crippen LogP contribution in [-0.4, -0.2) is 52.9 Å². The maximum absolute atomic E-state index is 11.4. The molecule has 0 aliphatic carbocycles. The molecule has 0 amide bonds. The van der Waals surface area contributed by atoms with Crippen LogP contribution in [0.3, 0.4) is 0 Å². The van der Waals surface area contributed by atoms with Gasteiger partial charge in [0.15, 0.2) is 0 Å².